The number of nitrogens with one attached hydrogen (secondary N) is 3. The zero-order chi connectivity index (χ0) is 9.97. The van der Waals surface area contributed by atoms with Gasteiger partial charge in [0.05, 0.1) is 0 Å². The zero-order valence-electron chi connectivity index (χ0n) is 7.40. The molecule has 1 aromatic rings. The summed E-state index contributed by atoms with van der Waals surface area (Å²) < 4.78 is 0. The average Bonchev–Trinajstić information content (AvgIpc) is 2.19. The van der Waals surface area contributed by atoms with Crippen molar-refractivity contribution in [3.63, 3.8) is 0 Å². The first-order chi connectivity index (χ1) is 6.77. The average molecular weight is 209 g/mol. The van der Waals surface area contributed by atoms with Gasteiger partial charge in [0, 0.05) is 0 Å². The minimum Gasteiger partial charge on any atom is -0.329 e. The lowest BCUT2D eigenvalue weighted by Gasteiger charge is -2.28. The number of amides is 1. The molecule has 2 rings (SSSR count). The maximum atomic E-state index is 11.5. The molecule has 5 heteroatoms. The van der Waals surface area contributed by atoms with E-state index in [4.69, 9.17) is 0 Å². The lowest BCUT2D eigenvalue weighted by molar-refractivity contribution is -0.125. The summed E-state index contributed by atoms with van der Waals surface area (Å²) in [5, 5.41) is 2.68. The van der Waals surface area contributed by atoms with Crippen molar-refractivity contribution in [1.82, 2.24) is 16.2 Å². The molecule has 3 N–H and O–H groups in total. The molecule has 1 aromatic carbocycles. The van der Waals surface area contributed by atoms with Gasteiger partial charge in [-0.05, 0) is 5.56 Å². The highest BCUT2D eigenvalue weighted by atomic mass is 32.1. The summed E-state index contributed by atoms with van der Waals surface area (Å²) in [5.74, 6) is -0.0741. The number of carbonyl (C=O) groups excluding carboxylic acids is 1. The minimum atomic E-state index is -0.348. The van der Waals surface area contributed by atoms with E-state index in [9.17, 15) is 4.79 Å². The van der Waals surface area contributed by atoms with Gasteiger partial charge < -0.3 is 5.32 Å². The topological polar surface area (TPSA) is 53.2 Å². The predicted molar refractivity (Wildman–Crippen MR) is 56.4 cm³/mol. The Bertz CT molecular complexity index is 330. The maximum absolute atomic E-state index is 11.5. The van der Waals surface area contributed by atoms with Crippen molar-refractivity contribution in [2.75, 3.05) is 0 Å². The number of hydrazine groups is 1. The van der Waals surface area contributed by atoms with Crippen LogP contribution in [-0.2, 0) is 4.79 Å². The summed E-state index contributed by atoms with van der Waals surface area (Å²) in [5.41, 5.74) is 6.34. The van der Waals surface area contributed by atoms with Gasteiger partial charge in [-0.1, -0.05) is 30.3 Å². The first-order valence-corrected chi connectivity index (χ1v) is 4.83. The smallest absolute Gasteiger partial charge is 0.244 e. The van der Waals surface area contributed by atoms with Crippen LogP contribution in [-0.4, -0.2) is 11.4 Å². The van der Waals surface area contributed by atoms with Gasteiger partial charge in [-0.3, -0.25) is 4.79 Å². The molecule has 2 unspecified atom stereocenters. The molecule has 1 aliphatic rings. The normalized spacial score (nSPS) is 27.1. The fourth-order valence-corrected chi connectivity index (χ4v) is 1.56. The maximum Gasteiger partial charge on any atom is 0.244 e. The lowest BCUT2D eigenvalue weighted by atomic mass is 10.1. The molecule has 2 atom stereocenters. The largest absolute Gasteiger partial charge is 0.329 e. The van der Waals surface area contributed by atoms with Crippen LogP contribution >= 0.6 is 12.6 Å². The molecule has 1 aliphatic heterocycles. The summed E-state index contributed by atoms with van der Waals surface area (Å²) in [6, 6.07) is 9.17. The fraction of sp³-hybridized carbons (Fsp3) is 0.222. The Hall–Kier alpha value is -1.04. The second-order valence-corrected chi connectivity index (χ2v) is 3.56. The molecular weight excluding hydrogens is 198 g/mol. The molecule has 14 heavy (non-hydrogen) atoms. The summed E-state index contributed by atoms with van der Waals surface area (Å²) in [4.78, 5) is 11.5. The second-order valence-electron chi connectivity index (χ2n) is 3.04. The van der Waals surface area contributed by atoms with Gasteiger partial charge in [-0.25, -0.2) is 10.9 Å². The van der Waals surface area contributed by atoms with E-state index < -0.39 is 0 Å². The predicted octanol–water partition coefficient (Wildman–Crippen LogP) is 0.165. The Kier molecular flexibility index (Phi) is 2.72. The van der Waals surface area contributed by atoms with Crippen LogP contribution in [0.25, 0.3) is 0 Å². The monoisotopic (exact) mass is 209 g/mol. The third-order valence-corrected chi connectivity index (χ3v) is 2.30. The van der Waals surface area contributed by atoms with E-state index in [-0.39, 0.29) is 17.4 Å². The zero-order valence-corrected chi connectivity index (χ0v) is 8.29. The second kappa shape index (κ2) is 4.00. The molecule has 0 spiro atoms. The van der Waals surface area contributed by atoms with Gasteiger partial charge in [0.15, 0.2) is 0 Å². The Labute approximate surface area is 87.5 Å². The fourth-order valence-electron chi connectivity index (χ4n) is 1.36. The third-order valence-electron chi connectivity index (χ3n) is 2.04. The number of rotatable bonds is 1. The minimum absolute atomic E-state index is 0.0741. The third kappa shape index (κ3) is 1.89. The highest BCUT2D eigenvalue weighted by molar-refractivity contribution is 7.80. The molecule has 4 nitrogen and oxygen atoms in total. The van der Waals surface area contributed by atoms with Crippen LogP contribution < -0.4 is 16.2 Å². The molecule has 0 aliphatic carbocycles. The van der Waals surface area contributed by atoms with Crippen molar-refractivity contribution in [1.29, 1.82) is 0 Å². The van der Waals surface area contributed by atoms with Crippen LogP contribution in [0.3, 0.4) is 0 Å². The molecule has 0 radical (unpaired) electrons. The highest BCUT2D eigenvalue weighted by Gasteiger charge is 2.26. The standard InChI is InChI=1S/C9H11N3OS/c13-8-7(11-12-9(14)10-8)6-4-2-1-3-5-6/h1-5,7,9,11-12,14H,(H,10,13). The number of hydrogen-bond acceptors (Lipinski definition) is 4. The molecular formula is C9H11N3OS. The molecule has 0 aromatic heterocycles. The molecule has 1 heterocycles. The molecule has 1 saturated heterocycles. The van der Waals surface area contributed by atoms with Crippen LogP contribution in [0.1, 0.15) is 11.6 Å². The highest BCUT2D eigenvalue weighted by Crippen LogP contribution is 2.14. The number of benzene rings is 1. The van der Waals surface area contributed by atoms with Crippen molar-refractivity contribution in [3.8, 4) is 0 Å². The van der Waals surface area contributed by atoms with E-state index in [2.05, 4.69) is 28.8 Å². The van der Waals surface area contributed by atoms with Gasteiger partial charge in [0.25, 0.3) is 0 Å². The van der Waals surface area contributed by atoms with Gasteiger partial charge in [0.1, 0.15) is 11.5 Å². The summed E-state index contributed by atoms with van der Waals surface area (Å²) >= 11 is 4.07. The van der Waals surface area contributed by atoms with E-state index in [0.29, 0.717) is 0 Å². The van der Waals surface area contributed by atoms with E-state index in [1.54, 1.807) is 0 Å². The van der Waals surface area contributed by atoms with Crippen molar-refractivity contribution >= 4 is 18.5 Å². The SMILES string of the molecule is O=C1NC(S)NNC1c1ccccc1. The van der Waals surface area contributed by atoms with E-state index >= 15 is 0 Å². The first-order valence-electron chi connectivity index (χ1n) is 4.32. The van der Waals surface area contributed by atoms with Gasteiger partial charge >= 0.3 is 0 Å². The molecule has 0 saturated carbocycles. The van der Waals surface area contributed by atoms with Crippen LogP contribution in [0.15, 0.2) is 30.3 Å². The Morgan fingerprint density at radius 2 is 1.86 bits per heavy atom. The van der Waals surface area contributed by atoms with Crippen molar-refractivity contribution < 1.29 is 4.79 Å². The Morgan fingerprint density at radius 3 is 2.50 bits per heavy atom. The quantitative estimate of drug-likeness (QED) is 0.499. The van der Waals surface area contributed by atoms with Crippen molar-refractivity contribution in [3.05, 3.63) is 35.9 Å². The molecule has 1 amide bonds. The van der Waals surface area contributed by atoms with Crippen LogP contribution in [0, 0.1) is 0 Å². The number of hydrogen-bond donors (Lipinski definition) is 4. The summed E-state index contributed by atoms with van der Waals surface area (Å²) in [7, 11) is 0. The summed E-state index contributed by atoms with van der Waals surface area (Å²) in [6.07, 6.45) is 0. The van der Waals surface area contributed by atoms with Crippen molar-refractivity contribution in [2.45, 2.75) is 11.5 Å². The van der Waals surface area contributed by atoms with Crippen LogP contribution in [0.5, 0.6) is 0 Å². The molecule has 0 bridgehead atoms. The van der Waals surface area contributed by atoms with E-state index in [1.807, 2.05) is 30.3 Å². The van der Waals surface area contributed by atoms with Gasteiger partial charge in [-0.2, -0.15) is 0 Å². The Morgan fingerprint density at radius 1 is 1.14 bits per heavy atom. The molecule has 74 valence electrons. The van der Waals surface area contributed by atoms with Gasteiger partial charge in [-0.15, -0.1) is 12.6 Å². The lowest BCUT2D eigenvalue weighted by Crippen LogP contribution is -2.59. The first kappa shape index (κ1) is 9.51. The van der Waals surface area contributed by atoms with E-state index in [0.717, 1.165) is 5.56 Å². The van der Waals surface area contributed by atoms with E-state index in [1.165, 1.54) is 0 Å². The van der Waals surface area contributed by atoms with Crippen LogP contribution in [0.2, 0.25) is 0 Å². The number of thiol groups is 1. The number of carbonyl (C=O) groups is 1. The molecule has 1 fully saturated rings. The van der Waals surface area contributed by atoms with Crippen molar-refractivity contribution in [2.24, 2.45) is 0 Å². The van der Waals surface area contributed by atoms with Gasteiger partial charge in [0.2, 0.25) is 5.91 Å². The summed E-state index contributed by atoms with van der Waals surface area (Å²) in [6.45, 7) is 0. The Balaban J connectivity index is 2.16. The van der Waals surface area contributed by atoms with Crippen LogP contribution in [0.4, 0.5) is 0 Å².